The van der Waals surface area contributed by atoms with Gasteiger partial charge in [-0.15, -0.1) is 0 Å². The minimum Gasteiger partial charge on any atom is -0.397 e. The van der Waals surface area contributed by atoms with Crippen molar-refractivity contribution in [2.75, 3.05) is 11.1 Å². The van der Waals surface area contributed by atoms with Gasteiger partial charge >= 0.3 is 0 Å². The van der Waals surface area contributed by atoms with Crippen LogP contribution in [0, 0.1) is 11.3 Å². The summed E-state index contributed by atoms with van der Waals surface area (Å²) < 4.78 is 0. The summed E-state index contributed by atoms with van der Waals surface area (Å²) in [6.07, 6.45) is 3.51. The minimum atomic E-state index is -0.0330. The lowest BCUT2D eigenvalue weighted by Gasteiger charge is -2.29. The molecule has 0 spiro atoms. The van der Waals surface area contributed by atoms with Gasteiger partial charge in [0.05, 0.1) is 17.4 Å². The molecule has 1 aromatic rings. The topological polar surface area (TPSA) is 74.7 Å². The largest absolute Gasteiger partial charge is 0.397 e. The van der Waals surface area contributed by atoms with Crippen LogP contribution in [-0.4, -0.2) is 10.5 Å². The summed E-state index contributed by atoms with van der Waals surface area (Å²) in [6.45, 7) is 6.34. The van der Waals surface area contributed by atoms with Crippen molar-refractivity contribution in [3.05, 3.63) is 17.8 Å². The van der Waals surface area contributed by atoms with E-state index in [0.29, 0.717) is 17.1 Å². The molecular weight excluding hydrogens is 200 g/mol. The normalized spacial score (nSPS) is 10.9. The molecule has 1 aromatic heterocycles. The standard InChI is InChI=1S/C12H18N4/c1-4-12(3,5-2)16-11-9(7-13)6-10(14)8-15-11/h6,8H,4-5,14H2,1-3H3,(H,15,16). The van der Waals surface area contributed by atoms with E-state index in [-0.39, 0.29) is 5.54 Å². The van der Waals surface area contributed by atoms with Gasteiger partial charge in [-0.2, -0.15) is 5.26 Å². The molecule has 0 fully saturated rings. The monoisotopic (exact) mass is 218 g/mol. The summed E-state index contributed by atoms with van der Waals surface area (Å²) in [5.41, 5.74) is 6.56. The van der Waals surface area contributed by atoms with Gasteiger partial charge in [-0.05, 0) is 25.8 Å². The molecule has 0 saturated carbocycles. The fourth-order valence-corrected chi connectivity index (χ4v) is 1.38. The van der Waals surface area contributed by atoms with Crippen molar-refractivity contribution in [2.45, 2.75) is 39.2 Å². The number of nitrogens with one attached hydrogen (secondary N) is 1. The van der Waals surface area contributed by atoms with Gasteiger partial charge in [-0.3, -0.25) is 0 Å². The zero-order chi connectivity index (χ0) is 12.2. The van der Waals surface area contributed by atoms with Crippen molar-refractivity contribution >= 4 is 11.5 Å². The van der Waals surface area contributed by atoms with Crippen LogP contribution in [0.4, 0.5) is 11.5 Å². The van der Waals surface area contributed by atoms with Gasteiger partial charge in [0.15, 0.2) is 0 Å². The predicted octanol–water partition coefficient (Wildman–Crippen LogP) is 2.53. The van der Waals surface area contributed by atoms with E-state index in [9.17, 15) is 0 Å². The molecule has 4 nitrogen and oxygen atoms in total. The third-order valence-corrected chi connectivity index (χ3v) is 3.01. The molecule has 0 aromatic carbocycles. The quantitative estimate of drug-likeness (QED) is 0.814. The number of anilines is 2. The third-order valence-electron chi connectivity index (χ3n) is 3.01. The van der Waals surface area contributed by atoms with Crippen LogP contribution in [0.2, 0.25) is 0 Å². The summed E-state index contributed by atoms with van der Waals surface area (Å²) in [5, 5.41) is 12.3. The Kier molecular flexibility index (Phi) is 3.73. The van der Waals surface area contributed by atoms with Crippen LogP contribution in [-0.2, 0) is 0 Å². The molecule has 1 rings (SSSR count). The molecule has 0 bridgehead atoms. The molecule has 3 N–H and O–H groups in total. The fraction of sp³-hybridized carbons (Fsp3) is 0.500. The molecule has 0 aliphatic rings. The summed E-state index contributed by atoms with van der Waals surface area (Å²) in [7, 11) is 0. The van der Waals surface area contributed by atoms with E-state index >= 15 is 0 Å². The highest BCUT2D eigenvalue weighted by molar-refractivity contribution is 5.58. The maximum absolute atomic E-state index is 9.00. The Bertz CT molecular complexity index is 402. The highest BCUT2D eigenvalue weighted by atomic mass is 15.0. The van der Waals surface area contributed by atoms with Crippen molar-refractivity contribution in [3.63, 3.8) is 0 Å². The molecule has 0 radical (unpaired) electrons. The zero-order valence-electron chi connectivity index (χ0n) is 10.0. The molecule has 0 unspecified atom stereocenters. The van der Waals surface area contributed by atoms with Crippen LogP contribution < -0.4 is 11.1 Å². The van der Waals surface area contributed by atoms with Crippen LogP contribution in [0.25, 0.3) is 0 Å². The molecule has 86 valence electrons. The average Bonchev–Trinajstić information content (AvgIpc) is 2.31. The Hall–Kier alpha value is -1.76. The van der Waals surface area contributed by atoms with E-state index in [4.69, 9.17) is 11.0 Å². The second-order valence-electron chi connectivity index (χ2n) is 4.17. The van der Waals surface area contributed by atoms with Gasteiger partial charge < -0.3 is 11.1 Å². The van der Waals surface area contributed by atoms with Gasteiger partial charge in [0.25, 0.3) is 0 Å². The maximum atomic E-state index is 9.00. The fourth-order valence-electron chi connectivity index (χ4n) is 1.38. The smallest absolute Gasteiger partial charge is 0.144 e. The van der Waals surface area contributed by atoms with E-state index in [1.165, 1.54) is 0 Å². The molecule has 0 saturated heterocycles. The minimum absolute atomic E-state index is 0.0330. The van der Waals surface area contributed by atoms with Gasteiger partial charge in [0, 0.05) is 5.54 Å². The molecule has 0 atom stereocenters. The number of nitrogens with zero attached hydrogens (tertiary/aromatic N) is 2. The van der Waals surface area contributed by atoms with Crippen LogP contribution in [0.5, 0.6) is 0 Å². The SMILES string of the molecule is CCC(C)(CC)Nc1ncc(N)cc1C#N. The van der Waals surface area contributed by atoms with Crippen LogP contribution >= 0.6 is 0 Å². The number of nitriles is 1. The van der Waals surface area contributed by atoms with Crippen LogP contribution in [0.1, 0.15) is 39.2 Å². The first kappa shape index (κ1) is 12.3. The Morgan fingerprint density at radius 3 is 2.62 bits per heavy atom. The number of hydrogen-bond donors (Lipinski definition) is 2. The molecule has 1 heterocycles. The van der Waals surface area contributed by atoms with E-state index in [0.717, 1.165) is 12.8 Å². The van der Waals surface area contributed by atoms with E-state index in [2.05, 4.69) is 37.1 Å². The Morgan fingerprint density at radius 1 is 1.50 bits per heavy atom. The summed E-state index contributed by atoms with van der Waals surface area (Å²) in [5.74, 6) is 0.614. The van der Waals surface area contributed by atoms with Crippen molar-refractivity contribution in [2.24, 2.45) is 0 Å². The summed E-state index contributed by atoms with van der Waals surface area (Å²) >= 11 is 0. The van der Waals surface area contributed by atoms with Gasteiger partial charge in [0.2, 0.25) is 0 Å². The van der Waals surface area contributed by atoms with Gasteiger partial charge in [0.1, 0.15) is 11.9 Å². The summed E-state index contributed by atoms with van der Waals surface area (Å²) in [4.78, 5) is 4.17. The molecular formula is C12H18N4. The van der Waals surface area contributed by atoms with Crippen molar-refractivity contribution in [1.82, 2.24) is 4.98 Å². The number of nitrogens with two attached hydrogens (primary N) is 1. The van der Waals surface area contributed by atoms with Crippen LogP contribution in [0.3, 0.4) is 0 Å². The number of pyridine rings is 1. The number of hydrogen-bond acceptors (Lipinski definition) is 4. The Labute approximate surface area is 96.5 Å². The molecule has 0 aliphatic carbocycles. The highest BCUT2D eigenvalue weighted by Crippen LogP contribution is 2.23. The van der Waals surface area contributed by atoms with E-state index in [1.807, 2.05) is 0 Å². The Balaban J connectivity index is 3.02. The van der Waals surface area contributed by atoms with E-state index < -0.39 is 0 Å². The second kappa shape index (κ2) is 4.84. The molecule has 4 heteroatoms. The summed E-state index contributed by atoms with van der Waals surface area (Å²) in [6, 6.07) is 3.74. The lowest BCUT2D eigenvalue weighted by molar-refractivity contribution is 0.476. The lowest BCUT2D eigenvalue weighted by Crippen LogP contribution is -2.33. The van der Waals surface area contributed by atoms with Crippen molar-refractivity contribution < 1.29 is 0 Å². The van der Waals surface area contributed by atoms with Gasteiger partial charge in [-0.25, -0.2) is 4.98 Å². The zero-order valence-corrected chi connectivity index (χ0v) is 10.0. The number of aromatic nitrogens is 1. The van der Waals surface area contributed by atoms with Crippen LogP contribution in [0.15, 0.2) is 12.3 Å². The molecule has 0 aliphatic heterocycles. The average molecular weight is 218 g/mol. The maximum Gasteiger partial charge on any atom is 0.144 e. The lowest BCUT2D eigenvalue weighted by atomic mass is 9.95. The van der Waals surface area contributed by atoms with Crippen molar-refractivity contribution in [1.29, 1.82) is 5.26 Å². The number of rotatable bonds is 4. The van der Waals surface area contributed by atoms with Gasteiger partial charge in [-0.1, -0.05) is 13.8 Å². The molecule has 16 heavy (non-hydrogen) atoms. The first-order valence-corrected chi connectivity index (χ1v) is 5.48. The first-order chi connectivity index (χ1) is 7.54. The second-order valence-corrected chi connectivity index (χ2v) is 4.17. The van der Waals surface area contributed by atoms with Crippen molar-refractivity contribution in [3.8, 4) is 6.07 Å². The molecule has 0 amide bonds. The highest BCUT2D eigenvalue weighted by Gasteiger charge is 2.20. The Morgan fingerprint density at radius 2 is 2.12 bits per heavy atom. The number of nitrogen functional groups attached to an aromatic ring is 1. The van der Waals surface area contributed by atoms with E-state index in [1.54, 1.807) is 12.3 Å². The first-order valence-electron chi connectivity index (χ1n) is 5.48. The third kappa shape index (κ3) is 2.63. The predicted molar refractivity (Wildman–Crippen MR) is 66.0 cm³/mol.